The second kappa shape index (κ2) is 10.2. The van der Waals surface area contributed by atoms with E-state index in [9.17, 15) is 9.59 Å². The van der Waals surface area contributed by atoms with Gasteiger partial charge in [-0.05, 0) is 56.2 Å². The van der Waals surface area contributed by atoms with Crippen molar-refractivity contribution in [1.29, 1.82) is 0 Å². The lowest BCUT2D eigenvalue weighted by molar-refractivity contribution is 0.0955. The molecule has 1 aromatic heterocycles. The molecule has 0 unspecified atom stereocenters. The first-order valence-corrected chi connectivity index (χ1v) is 8.64. The van der Waals surface area contributed by atoms with E-state index in [4.69, 9.17) is 9.15 Å². The van der Waals surface area contributed by atoms with Crippen LogP contribution in [0.25, 0.3) is 0 Å². The molecule has 0 saturated heterocycles. The van der Waals surface area contributed by atoms with Gasteiger partial charge in [0.15, 0.2) is 0 Å². The number of nitrogens with one attached hydrogen (secondary N) is 3. The Hall–Kier alpha value is -2.80. The summed E-state index contributed by atoms with van der Waals surface area (Å²) in [6.45, 7) is 5.75. The van der Waals surface area contributed by atoms with Crippen molar-refractivity contribution in [3.63, 3.8) is 0 Å². The molecule has 2 rings (SSSR count). The van der Waals surface area contributed by atoms with Crippen LogP contribution in [0.3, 0.4) is 0 Å². The topological polar surface area (TPSA) is 92.6 Å². The molecule has 7 heteroatoms. The molecule has 140 valence electrons. The summed E-state index contributed by atoms with van der Waals surface area (Å²) < 4.78 is 10.6. The smallest absolute Gasteiger partial charge is 0.319 e. The molecule has 0 aliphatic heterocycles. The van der Waals surface area contributed by atoms with E-state index in [0.29, 0.717) is 44.0 Å². The number of benzene rings is 1. The van der Waals surface area contributed by atoms with Gasteiger partial charge >= 0.3 is 6.03 Å². The molecule has 0 saturated carbocycles. The molecule has 0 spiro atoms. The van der Waals surface area contributed by atoms with Crippen molar-refractivity contribution in [2.45, 2.75) is 26.9 Å². The van der Waals surface area contributed by atoms with Crippen molar-refractivity contribution in [2.24, 2.45) is 0 Å². The first kappa shape index (κ1) is 19.5. The average molecular weight is 359 g/mol. The number of anilines is 1. The van der Waals surface area contributed by atoms with Crippen LogP contribution in [-0.2, 0) is 11.3 Å². The molecule has 7 nitrogen and oxygen atoms in total. The Morgan fingerprint density at radius 2 is 2.04 bits per heavy atom. The number of ether oxygens (including phenoxy) is 1. The van der Waals surface area contributed by atoms with Crippen molar-refractivity contribution in [1.82, 2.24) is 10.6 Å². The highest BCUT2D eigenvalue weighted by Crippen LogP contribution is 2.16. The van der Waals surface area contributed by atoms with Crippen LogP contribution in [-0.4, -0.2) is 31.6 Å². The minimum atomic E-state index is -0.287. The second-order valence-electron chi connectivity index (χ2n) is 5.76. The quantitative estimate of drug-likeness (QED) is 0.600. The van der Waals surface area contributed by atoms with Crippen LogP contribution < -0.4 is 16.0 Å². The van der Waals surface area contributed by atoms with Crippen LogP contribution in [0.15, 0.2) is 41.0 Å². The molecule has 0 atom stereocenters. The lowest BCUT2D eigenvalue weighted by Crippen LogP contribution is -2.30. The number of carbonyl (C=O) groups is 2. The van der Waals surface area contributed by atoms with E-state index in [-0.39, 0.29) is 11.9 Å². The van der Waals surface area contributed by atoms with Gasteiger partial charge in [-0.2, -0.15) is 0 Å². The molecule has 3 amide bonds. The molecule has 0 aliphatic carbocycles. The fourth-order valence-corrected chi connectivity index (χ4v) is 2.32. The molecule has 0 fully saturated rings. The predicted octanol–water partition coefficient (Wildman–Crippen LogP) is 3.07. The highest BCUT2D eigenvalue weighted by Gasteiger charge is 2.08. The molecule has 0 bridgehead atoms. The van der Waals surface area contributed by atoms with Crippen LogP contribution in [0, 0.1) is 6.92 Å². The molecular formula is C19H25N3O4. The molecule has 0 aliphatic rings. The van der Waals surface area contributed by atoms with Gasteiger partial charge in [0.05, 0.1) is 6.26 Å². The number of urea groups is 1. The molecule has 0 radical (unpaired) electrons. The maximum atomic E-state index is 11.9. The van der Waals surface area contributed by atoms with Crippen LogP contribution in [0.1, 0.15) is 35.0 Å². The van der Waals surface area contributed by atoms with Gasteiger partial charge in [-0.15, -0.1) is 0 Å². The summed E-state index contributed by atoms with van der Waals surface area (Å²) in [5.41, 5.74) is 2.07. The van der Waals surface area contributed by atoms with Crippen molar-refractivity contribution >= 4 is 17.6 Å². The van der Waals surface area contributed by atoms with Gasteiger partial charge in [0.2, 0.25) is 0 Å². The Labute approximate surface area is 153 Å². The third kappa shape index (κ3) is 6.25. The minimum absolute atomic E-state index is 0.124. The summed E-state index contributed by atoms with van der Waals surface area (Å²) in [6.07, 6.45) is 2.30. The van der Waals surface area contributed by atoms with E-state index in [1.807, 2.05) is 26.0 Å². The zero-order valence-electron chi connectivity index (χ0n) is 15.1. The molecule has 2 aromatic rings. The maximum absolute atomic E-state index is 11.9. The van der Waals surface area contributed by atoms with Crippen LogP contribution >= 0.6 is 0 Å². The lowest BCUT2D eigenvalue weighted by Gasteiger charge is -2.11. The zero-order chi connectivity index (χ0) is 18.8. The van der Waals surface area contributed by atoms with E-state index in [2.05, 4.69) is 16.0 Å². The van der Waals surface area contributed by atoms with Gasteiger partial charge in [-0.1, -0.05) is 0 Å². The van der Waals surface area contributed by atoms with Crippen molar-refractivity contribution in [3.8, 4) is 0 Å². The van der Waals surface area contributed by atoms with Crippen LogP contribution in [0.4, 0.5) is 10.5 Å². The fourth-order valence-electron chi connectivity index (χ4n) is 2.32. The molecular weight excluding hydrogens is 334 g/mol. The number of amides is 3. The summed E-state index contributed by atoms with van der Waals surface area (Å²) >= 11 is 0. The Morgan fingerprint density at radius 3 is 2.73 bits per heavy atom. The monoisotopic (exact) mass is 359 g/mol. The van der Waals surface area contributed by atoms with Gasteiger partial charge in [-0.3, -0.25) is 4.79 Å². The number of hydrogen-bond acceptors (Lipinski definition) is 4. The van der Waals surface area contributed by atoms with E-state index in [0.717, 1.165) is 11.3 Å². The van der Waals surface area contributed by atoms with Crippen molar-refractivity contribution < 1.29 is 18.7 Å². The molecule has 1 heterocycles. The minimum Gasteiger partial charge on any atom is -0.467 e. The largest absolute Gasteiger partial charge is 0.467 e. The van der Waals surface area contributed by atoms with E-state index < -0.39 is 0 Å². The van der Waals surface area contributed by atoms with Gasteiger partial charge in [0.25, 0.3) is 5.91 Å². The second-order valence-corrected chi connectivity index (χ2v) is 5.76. The van der Waals surface area contributed by atoms with Crippen molar-refractivity contribution in [3.05, 3.63) is 53.5 Å². The van der Waals surface area contributed by atoms with E-state index in [1.54, 1.807) is 24.5 Å². The normalized spacial score (nSPS) is 10.4. The molecule has 3 N–H and O–H groups in total. The Morgan fingerprint density at radius 1 is 1.19 bits per heavy atom. The Kier molecular flexibility index (Phi) is 7.70. The zero-order valence-corrected chi connectivity index (χ0v) is 15.1. The predicted molar refractivity (Wildman–Crippen MR) is 99.2 cm³/mol. The summed E-state index contributed by atoms with van der Waals surface area (Å²) in [4.78, 5) is 23.8. The van der Waals surface area contributed by atoms with Gasteiger partial charge < -0.3 is 25.1 Å². The number of hydrogen-bond donors (Lipinski definition) is 3. The Bertz CT molecular complexity index is 714. The average Bonchev–Trinajstić information content (AvgIpc) is 3.13. The van der Waals surface area contributed by atoms with Crippen LogP contribution in [0.5, 0.6) is 0 Å². The standard InChI is InChI=1S/C19H25N3O4/c1-3-20-18(23)15-7-8-17(14(2)12-15)22-19(24)21-9-5-10-25-13-16-6-4-11-26-16/h4,6-8,11-12H,3,5,9-10,13H2,1-2H3,(H,20,23)(H2,21,22,24). The highest BCUT2D eigenvalue weighted by atomic mass is 16.5. The summed E-state index contributed by atoms with van der Waals surface area (Å²) in [7, 11) is 0. The van der Waals surface area contributed by atoms with Gasteiger partial charge in [-0.25, -0.2) is 4.79 Å². The fraction of sp³-hybridized carbons (Fsp3) is 0.368. The first-order chi connectivity index (χ1) is 12.6. The summed E-state index contributed by atoms with van der Waals surface area (Å²) in [5, 5.41) is 8.31. The summed E-state index contributed by atoms with van der Waals surface area (Å²) in [6, 6.07) is 8.55. The Balaban J connectivity index is 1.67. The number of furan rings is 1. The van der Waals surface area contributed by atoms with Gasteiger partial charge in [0.1, 0.15) is 12.4 Å². The first-order valence-electron chi connectivity index (χ1n) is 8.64. The number of aryl methyl sites for hydroxylation is 1. The summed E-state index contributed by atoms with van der Waals surface area (Å²) in [5.74, 6) is 0.656. The van der Waals surface area contributed by atoms with E-state index in [1.165, 1.54) is 0 Å². The third-order valence-electron chi connectivity index (χ3n) is 3.65. The third-order valence-corrected chi connectivity index (χ3v) is 3.65. The van der Waals surface area contributed by atoms with E-state index >= 15 is 0 Å². The number of carbonyl (C=O) groups excluding carboxylic acids is 2. The maximum Gasteiger partial charge on any atom is 0.319 e. The molecule has 1 aromatic carbocycles. The highest BCUT2D eigenvalue weighted by molar-refractivity contribution is 5.96. The van der Waals surface area contributed by atoms with Gasteiger partial charge in [0, 0.05) is 30.9 Å². The lowest BCUT2D eigenvalue weighted by atomic mass is 10.1. The van der Waals surface area contributed by atoms with Crippen molar-refractivity contribution in [2.75, 3.05) is 25.0 Å². The van der Waals surface area contributed by atoms with Crippen LogP contribution in [0.2, 0.25) is 0 Å². The number of rotatable bonds is 9. The SMILES string of the molecule is CCNC(=O)c1ccc(NC(=O)NCCCOCc2ccco2)c(C)c1. The molecule has 26 heavy (non-hydrogen) atoms.